The van der Waals surface area contributed by atoms with E-state index in [0.29, 0.717) is 35.3 Å². The number of alkyl halides is 4. The number of carbonyl (C=O) groups is 4. The van der Waals surface area contributed by atoms with Crippen LogP contribution in [0.5, 0.6) is 0 Å². The van der Waals surface area contributed by atoms with Crippen LogP contribution in [0.3, 0.4) is 0 Å². The first kappa shape index (κ1) is 51.2. The van der Waals surface area contributed by atoms with Gasteiger partial charge in [-0.2, -0.15) is 0 Å². The number of likely N-dealkylation sites (N-methyl/N-ethyl adjacent to an activating group) is 1. The quantitative estimate of drug-likeness (QED) is 0.0903. The summed E-state index contributed by atoms with van der Waals surface area (Å²) in [7, 11) is 4.03. The van der Waals surface area contributed by atoms with E-state index in [2.05, 4.69) is 20.6 Å². The SMILES string of the molecule is COC(=O)N[C@H](C(=O)N(C)[C@@H](CC(C)C)c1ncc(-c2ccc(-c3ccc(-c4nc([C@@H]5C[C@@H](C)[C@@H](C)N5C(=O)[C@@H](NC(=O)OC)C5CCC(F)(F)CC5)[nH]c4Cl)cc3)cc2)[nH]1)C1CCC(F)(F)CC1. The summed E-state index contributed by atoms with van der Waals surface area (Å²) in [6, 6.07) is 12.3. The van der Waals surface area contributed by atoms with Crippen molar-refractivity contribution in [3.05, 3.63) is 71.5 Å². The van der Waals surface area contributed by atoms with Gasteiger partial charge in [0.05, 0.1) is 38.2 Å². The number of hydrogen-bond donors (Lipinski definition) is 4. The Balaban J connectivity index is 1.05. The molecule has 2 aliphatic carbocycles. The molecule has 3 fully saturated rings. The van der Waals surface area contributed by atoms with Gasteiger partial charge in [-0.3, -0.25) is 9.59 Å². The Kier molecular flexibility index (Phi) is 15.7. The lowest BCUT2D eigenvalue weighted by molar-refractivity contribution is -0.139. The lowest BCUT2D eigenvalue weighted by Gasteiger charge is -2.37. The van der Waals surface area contributed by atoms with Crippen LogP contribution >= 0.6 is 11.6 Å². The molecule has 0 bridgehead atoms. The number of rotatable bonds is 14. The fourth-order valence-electron chi connectivity index (χ4n) is 10.2. The van der Waals surface area contributed by atoms with Crippen LogP contribution in [0.4, 0.5) is 27.2 Å². The van der Waals surface area contributed by atoms with Crippen LogP contribution in [0, 0.1) is 23.7 Å². The molecular formula is C50H63ClF4N8O6. The zero-order valence-corrected chi connectivity index (χ0v) is 40.8. The van der Waals surface area contributed by atoms with Gasteiger partial charge in [-0.25, -0.2) is 37.1 Å². The van der Waals surface area contributed by atoms with Crippen molar-refractivity contribution in [2.24, 2.45) is 23.7 Å². The number of imidazole rings is 2. The molecule has 6 atom stereocenters. The predicted octanol–water partition coefficient (Wildman–Crippen LogP) is 10.7. The Morgan fingerprint density at radius 2 is 1.29 bits per heavy atom. The molecule has 3 aliphatic rings. The van der Waals surface area contributed by atoms with Crippen molar-refractivity contribution in [2.45, 2.75) is 134 Å². The molecule has 3 heterocycles. The van der Waals surface area contributed by atoms with E-state index in [4.69, 9.17) is 31.0 Å². The third kappa shape index (κ3) is 11.7. The third-order valence-electron chi connectivity index (χ3n) is 14.5. The molecule has 0 spiro atoms. The molecule has 69 heavy (non-hydrogen) atoms. The van der Waals surface area contributed by atoms with Crippen molar-refractivity contribution in [1.82, 2.24) is 40.4 Å². The molecule has 4 aromatic rings. The molecule has 2 aromatic heterocycles. The number of nitrogens with zero attached hydrogens (tertiary/aromatic N) is 4. The number of carbonyl (C=O) groups excluding carboxylic acids is 4. The van der Waals surface area contributed by atoms with Gasteiger partial charge >= 0.3 is 12.2 Å². The average Bonchev–Trinajstić information content (AvgIpc) is 4.05. The highest BCUT2D eigenvalue weighted by molar-refractivity contribution is 6.32. The van der Waals surface area contributed by atoms with Gasteiger partial charge in [0.15, 0.2) is 0 Å². The third-order valence-corrected chi connectivity index (χ3v) is 14.7. The average molecular weight is 984 g/mol. The number of benzene rings is 2. The second kappa shape index (κ2) is 21.1. The van der Waals surface area contributed by atoms with E-state index in [1.165, 1.54) is 14.2 Å². The molecule has 7 rings (SSSR count). The fourth-order valence-corrected chi connectivity index (χ4v) is 10.5. The van der Waals surface area contributed by atoms with E-state index < -0.39 is 65.9 Å². The molecule has 0 unspecified atom stereocenters. The number of methoxy groups -OCH3 is 2. The van der Waals surface area contributed by atoms with E-state index in [9.17, 15) is 36.7 Å². The molecule has 1 saturated heterocycles. The zero-order chi connectivity index (χ0) is 49.9. The van der Waals surface area contributed by atoms with Crippen molar-refractivity contribution >= 4 is 35.6 Å². The van der Waals surface area contributed by atoms with Gasteiger partial charge in [0.1, 0.15) is 34.6 Å². The molecule has 2 aromatic carbocycles. The number of alkyl carbamates (subject to hydrolysis) is 2. The van der Waals surface area contributed by atoms with Crippen LogP contribution in [0.25, 0.3) is 33.6 Å². The highest BCUT2D eigenvalue weighted by Crippen LogP contribution is 2.44. The van der Waals surface area contributed by atoms with Crippen LogP contribution in [0.2, 0.25) is 5.15 Å². The van der Waals surface area contributed by atoms with Crippen molar-refractivity contribution < 1.29 is 46.2 Å². The summed E-state index contributed by atoms with van der Waals surface area (Å²) in [5.41, 5.74) is 4.68. The Labute approximate surface area is 405 Å². The Hall–Kier alpha value is -5.65. The van der Waals surface area contributed by atoms with Crippen LogP contribution in [0.15, 0.2) is 54.7 Å². The minimum Gasteiger partial charge on any atom is -0.453 e. The van der Waals surface area contributed by atoms with Crippen LogP contribution in [-0.4, -0.2) is 105 Å². The molecule has 374 valence electrons. The Morgan fingerprint density at radius 3 is 1.81 bits per heavy atom. The predicted molar refractivity (Wildman–Crippen MR) is 252 cm³/mol. The maximum atomic E-state index is 14.4. The summed E-state index contributed by atoms with van der Waals surface area (Å²) in [6.07, 6.45) is 0.105. The van der Waals surface area contributed by atoms with Crippen molar-refractivity contribution in [3.8, 4) is 33.6 Å². The van der Waals surface area contributed by atoms with Gasteiger partial charge < -0.3 is 39.9 Å². The van der Waals surface area contributed by atoms with Gasteiger partial charge in [0.2, 0.25) is 23.7 Å². The molecule has 2 saturated carbocycles. The molecule has 14 nitrogen and oxygen atoms in total. The normalized spacial score (nSPS) is 21.9. The second-order valence-corrected chi connectivity index (χ2v) is 19.9. The number of hydrogen-bond acceptors (Lipinski definition) is 8. The number of H-pyrrole nitrogens is 2. The summed E-state index contributed by atoms with van der Waals surface area (Å²) in [4.78, 5) is 72.8. The van der Waals surface area contributed by atoms with Gasteiger partial charge in [-0.15, -0.1) is 0 Å². The first-order valence-corrected chi connectivity index (χ1v) is 24.1. The molecular weight excluding hydrogens is 920 g/mol. The monoisotopic (exact) mass is 982 g/mol. The number of ether oxygens (including phenoxy) is 2. The van der Waals surface area contributed by atoms with Crippen molar-refractivity contribution in [2.75, 3.05) is 21.3 Å². The maximum absolute atomic E-state index is 14.4. The number of aromatic nitrogens is 4. The maximum Gasteiger partial charge on any atom is 0.407 e. The number of halogens is 5. The van der Waals surface area contributed by atoms with Crippen LogP contribution in [-0.2, 0) is 19.1 Å². The van der Waals surface area contributed by atoms with E-state index in [-0.39, 0.29) is 75.2 Å². The van der Waals surface area contributed by atoms with E-state index in [0.717, 1.165) is 27.9 Å². The number of amides is 4. The molecule has 4 amide bonds. The second-order valence-electron chi connectivity index (χ2n) is 19.5. The van der Waals surface area contributed by atoms with Crippen molar-refractivity contribution in [3.63, 3.8) is 0 Å². The highest BCUT2D eigenvalue weighted by Gasteiger charge is 2.48. The summed E-state index contributed by atoms with van der Waals surface area (Å²) >= 11 is 6.81. The summed E-state index contributed by atoms with van der Waals surface area (Å²) < 4.78 is 66.1. The Bertz CT molecular complexity index is 2430. The molecule has 4 N–H and O–H groups in total. The van der Waals surface area contributed by atoms with Gasteiger partial charge in [-0.1, -0.05) is 80.9 Å². The minimum atomic E-state index is -2.81. The van der Waals surface area contributed by atoms with Gasteiger partial charge in [0, 0.05) is 44.3 Å². The van der Waals surface area contributed by atoms with Gasteiger partial charge in [-0.05, 0) is 85.8 Å². The lowest BCUT2D eigenvalue weighted by atomic mass is 9.81. The number of aromatic amines is 2. The van der Waals surface area contributed by atoms with Crippen LogP contribution < -0.4 is 10.6 Å². The smallest absolute Gasteiger partial charge is 0.407 e. The molecule has 19 heteroatoms. The standard InChI is InChI=1S/C50H63ClF4N8O6/c1-27(2)24-37(62(5)45(64)40(59-47(66)68-6)34-16-20-49(52,53)21-17-34)43-56-26-36(57-43)32-12-8-30(9-13-32)31-10-14-33(15-11-31)39-42(51)61-44(58-39)38-25-28(3)29(4)63(38)46(65)41(60-48(67)69-7)35-18-22-50(54,55)23-19-35/h8-15,26-29,34-35,37-38,40-41H,16-25H2,1-7H3,(H,56,57)(H,58,61)(H,59,66)(H,60,67)/t28-,29-,37+,38+,40+,41+/m1/s1. The summed E-state index contributed by atoms with van der Waals surface area (Å²) in [5.74, 6) is -6.11. The van der Waals surface area contributed by atoms with E-state index in [1.54, 1.807) is 23.0 Å². The summed E-state index contributed by atoms with van der Waals surface area (Å²) in [6.45, 7) is 8.03. The van der Waals surface area contributed by atoms with Crippen molar-refractivity contribution in [1.29, 1.82) is 0 Å². The molecule has 0 radical (unpaired) electrons. The fraction of sp³-hybridized carbons (Fsp3) is 0.560. The molecule has 1 aliphatic heterocycles. The number of nitrogens with one attached hydrogen (secondary N) is 4. The topological polar surface area (TPSA) is 175 Å². The van der Waals surface area contributed by atoms with Crippen LogP contribution in [0.1, 0.15) is 116 Å². The summed E-state index contributed by atoms with van der Waals surface area (Å²) in [5, 5.41) is 5.58. The largest absolute Gasteiger partial charge is 0.453 e. The first-order valence-electron chi connectivity index (χ1n) is 23.7. The Morgan fingerprint density at radius 1 is 0.797 bits per heavy atom. The highest BCUT2D eigenvalue weighted by atomic mass is 35.5. The van der Waals surface area contributed by atoms with E-state index in [1.807, 2.05) is 76.2 Å². The lowest BCUT2D eigenvalue weighted by Crippen LogP contribution is -2.54. The number of likely N-dealkylation sites (tertiary alicyclic amines) is 1. The zero-order valence-electron chi connectivity index (χ0n) is 40.1. The van der Waals surface area contributed by atoms with E-state index >= 15 is 0 Å². The van der Waals surface area contributed by atoms with Gasteiger partial charge in [0.25, 0.3) is 0 Å². The first-order chi connectivity index (χ1) is 32.7. The minimum absolute atomic E-state index is 0.0620.